The molecule has 0 radical (unpaired) electrons. The number of esters is 1. The largest absolute Gasteiger partial charge is 0.452 e. The van der Waals surface area contributed by atoms with Gasteiger partial charge in [0, 0.05) is 6.04 Å². The van der Waals surface area contributed by atoms with Crippen molar-refractivity contribution in [3.8, 4) is 0 Å². The van der Waals surface area contributed by atoms with Gasteiger partial charge in [-0.05, 0) is 30.5 Å². The maximum absolute atomic E-state index is 11.6. The lowest BCUT2D eigenvalue weighted by Gasteiger charge is -2.05. The molecule has 5 heteroatoms. The second kappa shape index (κ2) is 5.64. The van der Waals surface area contributed by atoms with E-state index < -0.39 is 5.97 Å². The Labute approximate surface area is 105 Å². The molecule has 0 bridgehead atoms. The van der Waals surface area contributed by atoms with Crippen LogP contribution in [0.4, 0.5) is 0 Å². The van der Waals surface area contributed by atoms with Crippen molar-refractivity contribution in [1.82, 2.24) is 5.32 Å². The van der Waals surface area contributed by atoms with Gasteiger partial charge >= 0.3 is 5.97 Å². The molecule has 1 aliphatic carbocycles. The Morgan fingerprint density at radius 2 is 1.94 bits per heavy atom. The predicted octanol–water partition coefficient (Wildman–Crippen LogP) is 0.614. The van der Waals surface area contributed by atoms with Crippen molar-refractivity contribution in [2.24, 2.45) is 0 Å². The summed E-state index contributed by atoms with van der Waals surface area (Å²) >= 11 is 0. The van der Waals surface area contributed by atoms with Gasteiger partial charge in [-0.3, -0.25) is 4.79 Å². The Hall–Kier alpha value is -1.88. The number of amides is 1. The first kappa shape index (κ1) is 12.6. The molecule has 5 nitrogen and oxygen atoms in total. The van der Waals surface area contributed by atoms with E-state index in [0.717, 1.165) is 18.4 Å². The zero-order chi connectivity index (χ0) is 13.0. The quantitative estimate of drug-likeness (QED) is 0.750. The summed E-state index contributed by atoms with van der Waals surface area (Å²) < 4.78 is 4.88. The number of carbonyl (C=O) groups is 2. The van der Waals surface area contributed by atoms with Crippen LogP contribution >= 0.6 is 0 Å². The molecule has 18 heavy (non-hydrogen) atoms. The lowest BCUT2D eigenvalue weighted by Crippen LogP contribution is -2.30. The average Bonchev–Trinajstić information content (AvgIpc) is 3.20. The number of aliphatic hydroxyl groups excluding tert-OH is 1. The van der Waals surface area contributed by atoms with E-state index in [2.05, 4.69) is 5.32 Å². The van der Waals surface area contributed by atoms with Crippen LogP contribution in [0.2, 0.25) is 0 Å². The normalized spacial score (nSPS) is 14.1. The van der Waals surface area contributed by atoms with Crippen LogP contribution in [0.5, 0.6) is 0 Å². The molecular formula is C13H15NO4. The molecule has 0 heterocycles. The first-order chi connectivity index (χ1) is 8.69. The third-order valence-corrected chi connectivity index (χ3v) is 2.65. The molecule has 1 fully saturated rings. The summed E-state index contributed by atoms with van der Waals surface area (Å²) in [4.78, 5) is 22.9. The number of aliphatic hydroxyl groups is 1. The number of ether oxygens (including phenoxy) is 1. The fourth-order valence-corrected chi connectivity index (χ4v) is 1.46. The van der Waals surface area contributed by atoms with Gasteiger partial charge in [0.2, 0.25) is 0 Å². The van der Waals surface area contributed by atoms with Gasteiger partial charge in [0.05, 0.1) is 12.2 Å². The minimum absolute atomic E-state index is 0.0703. The number of rotatable bonds is 5. The Morgan fingerprint density at radius 1 is 1.28 bits per heavy atom. The van der Waals surface area contributed by atoms with Gasteiger partial charge in [0.1, 0.15) is 0 Å². The molecule has 2 N–H and O–H groups in total. The molecule has 0 unspecified atom stereocenters. The van der Waals surface area contributed by atoms with Crippen molar-refractivity contribution in [3.05, 3.63) is 35.4 Å². The minimum Gasteiger partial charge on any atom is -0.452 e. The maximum atomic E-state index is 11.6. The van der Waals surface area contributed by atoms with E-state index in [4.69, 9.17) is 9.84 Å². The molecule has 0 spiro atoms. The lowest BCUT2D eigenvalue weighted by molar-refractivity contribution is -0.124. The van der Waals surface area contributed by atoms with Gasteiger partial charge < -0.3 is 15.2 Å². The van der Waals surface area contributed by atoms with E-state index in [1.54, 1.807) is 24.3 Å². The number of carbonyl (C=O) groups excluding carboxylic acids is 2. The van der Waals surface area contributed by atoms with Crippen LogP contribution in [-0.4, -0.2) is 29.6 Å². The molecule has 1 aromatic rings. The zero-order valence-corrected chi connectivity index (χ0v) is 9.89. The van der Waals surface area contributed by atoms with Crippen LogP contribution < -0.4 is 5.32 Å². The summed E-state index contributed by atoms with van der Waals surface area (Å²) in [6.07, 6.45) is 2.00. The smallest absolute Gasteiger partial charge is 0.338 e. The van der Waals surface area contributed by atoms with Crippen molar-refractivity contribution in [3.63, 3.8) is 0 Å². The molecule has 1 saturated carbocycles. The summed E-state index contributed by atoms with van der Waals surface area (Å²) in [6.45, 7) is -0.323. The van der Waals surface area contributed by atoms with Crippen LogP contribution in [0.1, 0.15) is 28.8 Å². The van der Waals surface area contributed by atoms with E-state index in [1.807, 2.05) is 0 Å². The molecular weight excluding hydrogens is 234 g/mol. The first-order valence-corrected chi connectivity index (χ1v) is 5.85. The van der Waals surface area contributed by atoms with Gasteiger partial charge in [0.25, 0.3) is 5.91 Å². The van der Waals surface area contributed by atoms with Crippen LogP contribution in [0.25, 0.3) is 0 Å². The highest BCUT2D eigenvalue weighted by Crippen LogP contribution is 2.18. The number of hydrogen-bond acceptors (Lipinski definition) is 4. The fraction of sp³-hybridized carbons (Fsp3) is 0.385. The van der Waals surface area contributed by atoms with E-state index in [1.165, 1.54) is 0 Å². The van der Waals surface area contributed by atoms with Gasteiger partial charge in [-0.1, -0.05) is 12.1 Å². The zero-order valence-electron chi connectivity index (χ0n) is 9.89. The molecule has 1 amide bonds. The summed E-state index contributed by atoms with van der Waals surface area (Å²) in [5.74, 6) is -0.803. The highest BCUT2D eigenvalue weighted by Gasteiger charge is 2.23. The summed E-state index contributed by atoms with van der Waals surface area (Å²) in [5, 5.41) is 11.6. The molecule has 0 saturated heterocycles. The van der Waals surface area contributed by atoms with Crippen LogP contribution in [-0.2, 0) is 16.1 Å². The van der Waals surface area contributed by atoms with E-state index in [-0.39, 0.29) is 25.2 Å². The fourth-order valence-electron chi connectivity index (χ4n) is 1.46. The molecule has 0 aromatic heterocycles. The molecule has 0 atom stereocenters. The molecule has 2 rings (SSSR count). The summed E-state index contributed by atoms with van der Waals surface area (Å²) in [6, 6.07) is 6.67. The predicted molar refractivity (Wildman–Crippen MR) is 63.8 cm³/mol. The van der Waals surface area contributed by atoms with Gasteiger partial charge in [-0.2, -0.15) is 0 Å². The topological polar surface area (TPSA) is 75.6 Å². The van der Waals surface area contributed by atoms with Crippen molar-refractivity contribution in [1.29, 1.82) is 0 Å². The summed E-state index contributed by atoms with van der Waals surface area (Å²) in [5.41, 5.74) is 1.09. The van der Waals surface area contributed by atoms with E-state index >= 15 is 0 Å². The van der Waals surface area contributed by atoms with Crippen LogP contribution in [0.3, 0.4) is 0 Å². The third kappa shape index (κ3) is 3.56. The van der Waals surface area contributed by atoms with Crippen molar-refractivity contribution < 1.29 is 19.4 Å². The Bertz CT molecular complexity index is 437. The maximum Gasteiger partial charge on any atom is 0.338 e. The standard InChI is InChI=1S/C13H15NO4/c15-7-9-1-3-10(4-2-9)13(17)18-8-12(16)14-11-5-6-11/h1-4,11,15H,5-8H2,(H,14,16). The average molecular weight is 249 g/mol. The number of hydrogen-bond donors (Lipinski definition) is 2. The van der Waals surface area contributed by atoms with Crippen molar-refractivity contribution in [2.45, 2.75) is 25.5 Å². The summed E-state index contributed by atoms with van der Waals surface area (Å²) in [7, 11) is 0. The van der Waals surface area contributed by atoms with Crippen molar-refractivity contribution >= 4 is 11.9 Å². The SMILES string of the molecule is O=C(COC(=O)c1ccc(CO)cc1)NC1CC1. The first-order valence-electron chi connectivity index (χ1n) is 5.85. The Balaban J connectivity index is 1.80. The molecule has 96 valence electrons. The highest BCUT2D eigenvalue weighted by atomic mass is 16.5. The van der Waals surface area contributed by atoms with Gasteiger partial charge in [-0.25, -0.2) is 4.79 Å². The Morgan fingerprint density at radius 3 is 2.50 bits per heavy atom. The van der Waals surface area contributed by atoms with E-state index in [0.29, 0.717) is 5.56 Å². The van der Waals surface area contributed by atoms with Gasteiger partial charge in [-0.15, -0.1) is 0 Å². The molecule has 0 aliphatic heterocycles. The number of nitrogens with one attached hydrogen (secondary N) is 1. The highest BCUT2D eigenvalue weighted by molar-refractivity contribution is 5.91. The van der Waals surface area contributed by atoms with Crippen LogP contribution in [0, 0.1) is 0 Å². The molecule has 1 aliphatic rings. The molecule has 1 aromatic carbocycles. The van der Waals surface area contributed by atoms with Crippen LogP contribution in [0.15, 0.2) is 24.3 Å². The van der Waals surface area contributed by atoms with Gasteiger partial charge in [0.15, 0.2) is 6.61 Å². The number of benzene rings is 1. The third-order valence-electron chi connectivity index (χ3n) is 2.65. The van der Waals surface area contributed by atoms with Crippen molar-refractivity contribution in [2.75, 3.05) is 6.61 Å². The Kier molecular flexibility index (Phi) is 3.94. The second-order valence-electron chi connectivity index (χ2n) is 4.27. The minimum atomic E-state index is -0.537. The monoisotopic (exact) mass is 249 g/mol. The van der Waals surface area contributed by atoms with E-state index in [9.17, 15) is 9.59 Å². The lowest BCUT2D eigenvalue weighted by atomic mass is 10.1. The second-order valence-corrected chi connectivity index (χ2v) is 4.27.